The van der Waals surface area contributed by atoms with E-state index in [4.69, 9.17) is 0 Å². The Morgan fingerprint density at radius 1 is 1.19 bits per heavy atom. The summed E-state index contributed by atoms with van der Waals surface area (Å²) in [6, 6.07) is 6.48. The molecule has 2 heterocycles. The molecule has 1 fully saturated rings. The van der Waals surface area contributed by atoms with Gasteiger partial charge >= 0.3 is 0 Å². The first-order valence-electron chi connectivity index (χ1n) is 7.14. The number of hydrogen-bond donors (Lipinski definition) is 2. The molecule has 0 amide bonds. The maximum absolute atomic E-state index is 13.3. The van der Waals surface area contributed by atoms with Crippen LogP contribution in [-0.2, 0) is 6.54 Å². The molecule has 1 aliphatic rings. The Hall–Kier alpha value is -1.95. The summed E-state index contributed by atoms with van der Waals surface area (Å²) in [7, 11) is 0. The van der Waals surface area contributed by atoms with Gasteiger partial charge < -0.3 is 10.2 Å². The van der Waals surface area contributed by atoms with Crippen LogP contribution >= 0.6 is 0 Å². The molecule has 0 spiro atoms. The third kappa shape index (κ3) is 3.39. The van der Waals surface area contributed by atoms with Crippen molar-refractivity contribution in [3.8, 4) is 0 Å². The maximum atomic E-state index is 13.3. The number of anilines is 1. The van der Waals surface area contributed by atoms with Gasteiger partial charge in [0.2, 0.25) is 0 Å². The zero-order valence-corrected chi connectivity index (χ0v) is 11.6. The molecule has 1 aromatic heterocycles. The first-order chi connectivity index (χ1) is 10.2. The standard InChI is InChI=1S/C15H18F2N4/c16-14-2-1-13(9-15(14)17)21-7-4-11(5-8-21)18-10-12-3-6-19-20-12/h1-3,6,9,11,18H,4-5,7-8,10H2,(H,19,20). The van der Waals surface area contributed by atoms with E-state index >= 15 is 0 Å². The minimum absolute atomic E-state index is 0.440. The highest BCUT2D eigenvalue weighted by Gasteiger charge is 2.19. The highest BCUT2D eigenvalue weighted by Crippen LogP contribution is 2.22. The van der Waals surface area contributed by atoms with Crippen LogP contribution < -0.4 is 10.2 Å². The minimum atomic E-state index is -0.796. The van der Waals surface area contributed by atoms with Crippen LogP contribution in [-0.4, -0.2) is 29.3 Å². The number of nitrogens with one attached hydrogen (secondary N) is 2. The topological polar surface area (TPSA) is 44.0 Å². The molecule has 21 heavy (non-hydrogen) atoms. The van der Waals surface area contributed by atoms with E-state index in [-0.39, 0.29) is 0 Å². The number of benzene rings is 1. The number of aromatic amines is 1. The number of halogens is 2. The minimum Gasteiger partial charge on any atom is -0.371 e. The van der Waals surface area contributed by atoms with Crippen molar-refractivity contribution in [2.75, 3.05) is 18.0 Å². The molecule has 3 rings (SSSR count). The van der Waals surface area contributed by atoms with E-state index < -0.39 is 11.6 Å². The number of aromatic nitrogens is 2. The smallest absolute Gasteiger partial charge is 0.160 e. The normalized spacial score (nSPS) is 16.4. The monoisotopic (exact) mass is 292 g/mol. The molecule has 1 aromatic carbocycles. The Kier molecular flexibility index (Phi) is 4.15. The summed E-state index contributed by atoms with van der Waals surface area (Å²) in [6.07, 6.45) is 3.70. The lowest BCUT2D eigenvalue weighted by atomic mass is 10.0. The first-order valence-corrected chi connectivity index (χ1v) is 7.14. The molecule has 4 nitrogen and oxygen atoms in total. The van der Waals surface area contributed by atoms with Gasteiger partial charge in [0.15, 0.2) is 11.6 Å². The molecule has 1 saturated heterocycles. The molecule has 112 valence electrons. The van der Waals surface area contributed by atoms with Crippen LogP contribution in [0.1, 0.15) is 18.5 Å². The summed E-state index contributed by atoms with van der Waals surface area (Å²) in [5.41, 5.74) is 1.82. The average Bonchev–Trinajstić information content (AvgIpc) is 3.02. The molecule has 2 aromatic rings. The molecule has 0 aliphatic carbocycles. The van der Waals surface area contributed by atoms with Crippen LogP contribution in [0.25, 0.3) is 0 Å². The molecular weight excluding hydrogens is 274 g/mol. The maximum Gasteiger partial charge on any atom is 0.160 e. The van der Waals surface area contributed by atoms with Crippen molar-refractivity contribution in [1.82, 2.24) is 15.5 Å². The van der Waals surface area contributed by atoms with Gasteiger partial charge in [-0.05, 0) is 31.0 Å². The molecule has 0 atom stereocenters. The summed E-state index contributed by atoms with van der Waals surface area (Å²) >= 11 is 0. The van der Waals surface area contributed by atoms with Crippen molar-refractivity contribution in [2.45, 2.75) is 25.4 Å². The SMILES string of the molecule is Fc1ccc(N2CCC(NCc3ccn[nH]3)CC2)cc1F. The predicted molar refractivity (Wildman–Crippen MR) is 77.0 cm³/mol. The number of nitrogens with zero attached hydrogens (tertiary/aromatic N) is 2. The van der Waals surface area contributed by atoms with Gasteiger partial charge in [0.1, 0.15) is 0 Å². The van der Waals surface area contributed by atoms with Crippen LogP contribution in [0.4, 0.5) is 14.5 Å². The highest BCUT2D eigenvalue weighted by molar-refractivity contribution is 5.47. The van der Waals surface area contributed by atoms with Crippen molar-refractivity contribution < 1.29 is 8.78 Å². The van der Waals surface area contributed by atoms with Crippen molar-refractivity contribution in [3.63, 3.8) is 0 Å². The molecule has 0 radical (unpaired) electrons. The largest absolute Gasteiger partial charge is 0.371 e. The second-order valence-electron chi connectivity index (χ2n) is 5.32. The Balaban J connectivity index is 1.51. The molecule has 6 heteroatoms. The van der Waals surface area contributed by atoms with Gasteiger partial charge in [-0.15, -0.1) is 0 Å². The third-order valence-electron chi connectivity index (χ3n) is 3.90. The summed E-state index contributed by atoms with van der Waals surface area (Å²) in [5, 5.41) is 10.3. The Labute approximate surface area is 122 Å². The van der Waals surface area contributed by atoms with Gasteiger partial charge in [-0.2, -0.15) is 5.10 Å². The van der Waals surface area contributed by atoms with E-state index in [9.17, 15) is 8.78 Å². The fraction of sp³-hybridized carbons (Fsp3) is 0.400. The van der Waals surface area contributed by atoms with E-state index in [1.807, 2.05) is 6.07 Å². The van der Waals surface area contributed by atoms with E-state index in [1.165, 1.54) is 12.1 Å². The Morgan fingerprint density at radius 3 is 2.67 bits per heavy atom. The van der Waals surface area contributed by atoms with Gasteiger partial charge in [-0.3, -0.25) is 5.10 Å². The molecular formula is C15H18F2N4. The van der Waals surface area contributed by atoms with Crippen molar-refractivity contribution in [1.29, 1.82) is 0 Å². The van der Waals surface area contributed by atoms with Crippen LogP contribution in [0.15, 0.2) is 30.5 Å². The Morgan fingerprint density at radius 2 is 2.00 bits per heavy atom. The number of rotatable bonds is 4. The molecule has 0 unspecified atom stereocenters. The average molecular weight is 292 g/mol. The number of H-pyrrole nitrogens is 1. The van der Waals surface area contributed by atoms with Crippen molar-refractivity contribution in [3.05, 3.63) is 47.8 Å². The summed E-state index contributed by atoms with van der Waals surface area (Å²) < 4.78 is 26.2. The summed E-state index contributed by atoms with van der Waals surface area (Å²) in [5.74, 6) is -1.58. The van der Waals surface area contributed by atoms with E-state index in [2.05, 4.69) is 20.4 Å². The second-order valence-corrected chi connectivity index (χ2v) is 5.32. The number of piperidine rings is 1. The van der Waals surface area contributed by atoms with Crippen LogP contribution in [0.2, 0.25) is 0 Å². The van der Waals surface area contributed by atoms with E-state index in [0.29, 0.717) is 6.04 Å². The fourth-order valence-electron chi connectivity index (χ4n) is 2.66. The molecule has 0 saturated carbocycles. The Bertz CT molecular complexity index is 577. The number of hydrogen-bond acceptors (Lipinski definition) is 3. The molecule has 0 bridgehead atoms. The van der Waals surface area contributed by atoms with Crippen molar-refractivity contribution >= 4 is 5.69 Å². The van der Waals surface area contributed by atoms with Crippen LogP contribution in [0, 0.1) is 11.6 Å². The highest BCUT2D eigenvalue weighted by atomic mass is 19.2. The van der Waals surface area contributed by atoms with Gasteiger partial charge in [0.05, 0.1) is 0 Å². The lowest BCUT2D eigenvalue weighted by molar-refractivity contribution is 0.411. The fourth-order valence-corrected chi connectivity index (χ4v) is 2.66. The third-order valence-corrected chi connectivity index (χ3v) is 3.90. The molecule has 1 aliphatic heterocycles. The molecule has 2 N–H and O–H groups in total. The predicted octanol–water partition coefficient (Wildman–Crippen LogP) is 2.45. The lowest BCUT2D eigenvalue weighted by Crippen LogP contribution is -2.42. The van der Waals surface area contributed by atoms with Crippen LogP contribution in [0.3, 0.4) is 0 Å². The van der Waals surface area contributed by atoms with Gasteiger partial charge in [0, 0.05) is 49.3 Å². The first kappa shape index (κ1) is 14.0. The zero-order valence-electron chi connectivity index (χ0n) is 11.6. The van der Waals surface area contributed by atoms with E-state index in [0.717, 1.165) is 43.9 Å². The van der Waals surface area contributed by atoms with Crippen LogP contribution in [0.5, 0.6) is 0 Å². The lowest BCUT2D eigenvalue weighted by Gasteiger charge is -2.34. The van der Waals surface area contributed by atoms with Gasteiger partial charge in [0.25, 0.3) is 0 Å². The summed E-state index contributed by atoms with van der Waals surface area (Å²) in [4.78, 5) is 2.09. The van der Waals surface area contributed by atoms with E-state index in [1.54, 1.807) is 12.3 Å². The van der Waals surface area contributed by atoms with Crippen molar-refractivity contribution in [2.24, 2.45) is 0 Å². The zero-order chi connectivity index (χ0) is 14.7. The quantitative estimate of drug-likeness (QED) is 0.909. The van der Waals surface area contributed by atoms with Gasteiger partial charge in [-0.1, -0.05) is 0 Å². The van der Waals surface area contributed by atoms with Gasteiger partial charge in [-0.25, -0.2) is 8.78 Å². The summed E-state index contributed by atoms with van der Waals surface area (Å²) in [6.45, 7) is 2.45. The second kappa shape index (κ2) is 6.22.